The number of ether oxygens (including phenoxy) is 1. The van der Waals surface area contributed by atoms with Crippen LogP contribution in [0.1, 0.15) is 17.2 Å². The predicted molar refractivity (Wildman–Crippen MR) is 86.9 cm³/mol. The largest absolute Gasteiger partial charge is 0.368 e. The lowest BCUT2D eigenvalue weighted by atomic mass is 10.1. The Kier molecular flexibility index (Phi) is 5.89. The molecule has 0 radical (unpaired) electrons. The van der Waals surface area contributed by atoms with Crippen molar-refractivity contribution in [2.75, 3.05) is 5.33 Å². The summed E-state index contributed by atoms with van der Waals surface area (Å²) in [5, 5.41) is 1.50. The van der Waals surface area contributed by atoms with Crippen LogP contribution in [0.25, 0.3) is 0 Å². The van der Waals surface area contributed by atoms with E-state index in [1.54, 1.807) is 0 Å². The molecule has 1 atom stereocenters. The van der Waals surface area contributed by atoms with Crippen molar-refractivity contribution in [3.05, 3.63) is 69.2 Å². The van der Waals surface area contributed by atoms with Gasteiger partial charge in [-0.2, -0.15) is 0 Å². The minimum Gasteiger partial charge on any atom is -0.368 e. The second-order valence-corrected chi connectivity index (χ2v) is 6.14. The van der Waals surface area contributed by atoms with E-state index in [4.69, 9.17) is 16.3 Å². The van der Waals surface area contributed by atoms with E-state index in [0.717, 1.165) is 26.0 Å². The lowest BCUT2D eigenvalue weighted by Crippen LogP contribution is -2.05. The van der Waals surface area contributed by atoms with Crippen LogP contribution < -0.4 is 0 Å². The maximum absolute atomic E-state index is 5.96. The molecule has 0 saturated heterocycles. The van der Waals surface area contributed by atoms with Gasteiger partial charge in [0.15, 0.2) is 0 Å². The Balaban J connectivity index is 2.01. The number of hydrogen-bond donors (Lipinski definition) is 0. The number of alkyl halides is 1. The molecule has 0 fully saturated rings. The van der Waals surface area contributed by atoms with Crippen molar-refractivity contribution in [2.24, 2.45) is 0 Å². The molecule has 100 valence electrons. The van der Waals surface area contributed by atoms with Gasteiger partial charge in [0.05, 0.1) is 12.7 Å². The topological polar surface area (TPSA) is 9.23 Å². The highest BCUT2D eigenvalue weighted by Crippen LogP contribution is 2.23. The van der Waals surface area contributed by atoms with Crippen LogP contribution in [0.5, 0.6) is 0 Å². The van der Waals surface area contributed by atoms with Gasteiger partial charge in [0.25, 0.3) is 0 Å². The maximum Gasteiger partial charge on any atom is 0.0926 e. The summed E-state index contributed by atoms with van der Waals surface area (Å²) in [6, 6.07) is 15.9. The minimum atomic E-state index is 0.0343. The van der Waals surface area contributed by atoms with Crippen molar-refractivity contribution >= 4 is 43.5 Å². The predicted octanol–water partition coefficient (Wildman–Crippen LogP) is 5.76. The summed E-state index contributed by atoms with van der Waals surface area (Å²) >= 11 is 12.9. The minimum absolute atomic E-state index is 0.0343. The third-order valence-corrected chi connectivity index (χ3v) is 4.07. The van der Waals surface area contributed by atoms with Crippen molar-refractivity contribution in [3.8, 4) is 0 Å². The Labute approximate surface area is 135 Å². The first-order chi connectivity index (χ1) is 9.19. The molecule has 4 heteroatoms. The molecular formula is C15H13Br2ClO. The van der Waals surface area contributed by atoms with E-state index < -0.39 is 0 Å². The molecule has 1 nitrogen and oxygen atoms in total. The highest BCUT2D eigenvalue weighted by atomic mass is 79.9. The van der Waals surface area contributed by atoms with Gasteiger partial charge in [-0.1, -0.05) is 67.7 Å². The van der Waals surface area contributed by atoms with Crippen LogP contribution in [0.2, 0.25) is 5.02 Å². The van der Waals surface area contributed by atoms with Gasteiger partial charge in [-0.3, -0.25) is 0 Å². The lowest BCUT2D eigenvalue weighted by molar-refractivity contribution is 0.0566. The molecule has 0 aliphatic carbocycles. The average Bonchev–Trinajstić information content (AvgIpc) is 2.41. The molecule has 0 amide bonds. The highest BCUT2D eigenvalue weighted by molar-refractivity contribution is 9.10. The molecule has 0 heterocycles. The van der Waals surface area contributed by atoms with Gasteiger partial charge < -0.3 is 4.74 Å². The summed E-state index contributed by atoms with van der Waals surface area (Å²) in [7, 11) is 0. The zero-order valence-electron chi connectivity index (χ0n) is 10.2. The molecule has 0 aliphatic rings. The van der Waals surface area contributed by atoms with Gasteiger partial charge in [-0.15, -0.1) is 0 Å². The van der Waals surface area contributed by atoms with Crippen molar-refractivity contribution in [1.29, 1.82) is 0 Å². The smallest absolute Gasteiger partial charge is 0.0926 e. The molecular weight excluding hydrogens is 391 g/mol. The van der Waals surface area contributed by atoms with Crippen LogP contribution in [0, 0.1) is 0 Å². The van der Waals surface area contributed by atoms with Crippen molar-refractivity contribution in [2.45, 2.75) is 12.7 Å². The number of rotatable bonds is 5. The van der Waals surface area contributed by atoms with Crippen LogP contribution in [-0.2, 0) is 11.3 Å². The van der Waals surface area contributed by atoms with Crippen molar-refractivity contribution in [3.63, 3.8) is 0 Å². The van der Waals surface area contributed by atoms with Gasteiger partial charge >= 0.3 is 0 Å². The second-order valence-electron chi connectivity index (χ2n) is 4.14. The third-order valence-electron chi connectivity index (χ3n) is 2.72. The summed E-state index contributed by atoms with van der Waals surface area (Å²) in [6.45, 7) is 0.549. The zero-order chi connectivity index (χ0) is 13.7. The quantitative estimate of drug-likeness (QED) is 0.576. The van der Waals surface area contributed by atoms with E-state index in [2.05, 4.69) is 44.0 Å². The SMILES string of the molecule is Clc1cccc(COC(CBr)c2ccc(Br)cc2)c1. The van der Waals surface area contributed by atoms with Crippen LogP contribution in [0.3, 0.4) is 0 Å². The standard InChI is InChI=1S/C15H13Br2ClO/c16-9-15(12-4-6-13(17)7-5-12)19-10-11-2-1-3-14(18)8-11/h1-8,15H,9-10H2. The van der Waals surface area contributed by atoms with Gasteiger partial charge in [-0.05, 0) is 35.4 Å². The van der Waals surface area contributed by atoms with Crippen LogP contribution in [0.4, 0.5) is 0 Å². The highest BCUT2D eigenvalue weighted by Gasteiger charge is 2.10. The number of hydrogen-bond acceptors (Lipinski definition) is 1. The molecule has 2 aromatic carbocycles. The molecule has 0 N–H and O–H groups in total. The first-order valence-electron chi connectivity index (χ1n) is 5.86. The Morgan fingerprint density at radius 3 is 2.47 bits per heavy atom. The summed E-state index contributed by atoms with van der Waals surface area (Å²) in [6.07, 6.45) is 0.0343. The van der Waals surface area contributed by atoms with Gasteiger partial charge in [0, 0.05) is 14.8 Å². The monoisotopic (exact) mass is 402 g/mol. The van der Waals surface area contributed by atoms with Gasteiger partial charge in [0.2, 0.25) is 0 Å². The first-order valence-corrected chi connectivity index (χ1v) is 8.16. The van der Waals surface area contributed by atoms with E-state index >= 15 is 0 Å². The van der Waals surface area contributed by atoms with E-state index in [9.17, 15) is 0 Å². The van der Waals surface area contributed by atoms with E-state index in [-0.39, 0.29) is 6.10 Å². The fourth-order valence-corrected chi connectivity index (χ4v) is 2.77. The molecule has 2 aromatic rings. The van der Waals surface area contributed by atoms with E-state index in [1.165, 1.54) is 0 Å². The Bertz CT molecular complexity index is 528. The van der Waals surface area contributed by atoms with Gasteiger partial charge in [0.1, 0.15) is 0 Å². The van der Waals surface area contributed by atoms with Crippen LogP contribution >= 0.6 is 43.5 Å². The van der Waals surface area contributed by atoms with Gasteiger partial charge in [-0.25, -0.2) is 0 Å². The number of benzene rings is 2. The summed E-state index contributed by atoms with van der Waals surface area (Å²) in [5.41, 5.74) is 2.23. The fraction of sp³-hybridized carbons (Fsp3) is 0.200. The molecule has 0 spiro atoms. The van der Waals surface area contributed by atoms with E-state index in [1.807, 2.05) is 36.4 Å². The molecule has 0 saturated carbocycles. The second kappa shape index (κ2) is 7.44. The fourth-order valence-electron chi connectivity index (χ4n) is 1.73. The summed E-state index contributed by atoms with van der Waals surface area (Å²) in [5.74, 6) is 0. The molecule has 0 aromatic heterocycles. The Morgan fingerprint density at radius 2 is 1.84 bits per heavy atom. The average molecular weight is 405 g/mol. The van der Waals surface area contributed by atoms with Crippen LogP contribution in [0.15, 0.2) is 53.0 Å². The lowest BCUT2D eigenvalue weighted by Gasteiger charge is -2.16. The normalized spacial score (nSPS) is 12.4. The Morgan fingerprint density at radius 1 is 1.11 bits per heavy atom. The molecule has 1 unspecified atom stereocenters. The first kappa shape index (κ1) is 15.0. The third kappa shape index (κ3) is 4.60. The van der Waals surface area contributed by atoms with Crippen LogP contribution in [-0.4, -0.2) is 5.33 Å². The maximum atomic E-state index is 5.96. The summed E-state index contributed by atoms with van der Waals surface area (Å²) in [4.78, 5) is 0. The van der Waals surface area contributed by atoms with Crippen molar-refractivity contribution < 1.29 is 4.74 Å². The molecule has 0 bridgehead atoms. The molecule has 2 rings (SSSR count). The molecule has 0 aliphatic heterocycles. The molecule has 19 heavy (non-hydrogen) atoms. The Hall–Kier alpha value is -0.350. The number of halogens is 3. The van der Waals surface area contributed by atoms with E-state index in [0.29, 0.717) is 6.61 Å². The summed E-state index contributed by atoms with van der Waals surface area (Å²) < 4.78 is 7.01. The zero-order valence-corrected chi connectivity index (χ0v) is 14.1. The van der Waals surface area contributed by atoms with Crippen molar-refractivity contribution in [1.82, 2.24) is 0 Å².